The molecule has 0 fully saturated rings. The molecule has 0 saturated carbocycles. The molecule has 0 aromatic rings. The average molecular weight is 187 g/mol. The highest BCUT2D eigenvalue weighted by molar-refractivity contribution is 6.44. The van der Waals surface area contributed by atoms with Gasteiger partial charge in [0.15, 0.2) is 0 Å². The number of halogens is 3. The van der Waals surface area contributed by atoms with Crippen LogP contribution in [0.5, 0.6) is 0 Å². The molecule has 0 aromatic carbocycles. The normalized spacial score (nSPS) is 12.5. The first kappa shape index (κ1) is 10.9. The second kappa shape index (κ2) is 4.73. The van der Waals surface area contributed by atoms with Crippen molar-refractivity contribution in [1.29, 1.82) is 0 Å². The Balaban J connectivity index is 3.51. The first-order chi connectivity index (χ1) is 4.99. The van der Waals surface area contributed by atoms with Crippen molar-refractivity contribution in [2.75, 3.05) is 14.2 Å². The molecule has 11 heavy (non-hydrogen) atoms. The van der Waals surface area contributed by atoms with Crippen LogP contribution >= 0.6 is 0 Å². The molecular formula is C5H10F3O2Si. The van der Waals surface area contributed by atoms with Crippen LogP contribution in [0.3, 0.4) is 0 Å². The molecule has 0 amide bonds. The van der Waals surface area contributed by atoms with E-state index in [1.54, 1.807) is 0 Å². The molecule has 0 aliphatic carbocycles. The van der Waals surface area contributed by atoms with E-state index >= 15 is 0 Å². The van der Waals surface area contributed by atoms with Gasteiger partial charge in [-0.05, 0) is 0 Å². The molecule has 6 heteroatoms. The number of hydrogen-bond acceptors (Lipinski definition) is 2. The fourth-order valence-corrected chi connectivity index (χ4v) is 1.56. The van der Waals surface area contributed by atoms with Gasteiger partial charge in [0.25, 0.3) is 0 Å². The summed E-state index contributed by atoms with van der Waals surface area (Å²) < 4.78 is 44.0. The van der Waals surface area contributed by atoms with Crippen LogP contribution in [0.2, 0.25) is 6.04 Å². The Hall–Kier alpha value is -0.0731. The second-order valence-corrected chi connectivity index (χ2v) is 4.16. The van der Waals surface area contributed by atoms with E-state index in [2.05, 4.69) is 8.85 Å². The highest BCUT2D eigenvalue weighted by Gasteiger charge is 2.29. The summed E-state index contributed by atoms with van der Waals surface area (Å²) in [5, 5.41) is 0. The summed E-state index contributed by atoms with van der Waals surface area (Å²) in [5.74, 6) is 0. The first-order valence-electron chi connectivity index (χ1n) is 2.96. The van der Waals surface area contributed by atoms with Gasteiger partial charge in [0.1, 0.15) is 0 Å². The van der Waals surface area contributed by atoms with Crippen molar-refractivity contribution >= 4 is 9.28 Å². The van der Waals surface area contributed by atoms with E-state index in [9.17, 15) is 13.2 Å². The molecule has 0 saturated heterocycles. The molecule has 0 aromatic heterocycles. The van der Waals surface area contributed by atoms with E-state index in [1.807, 2.05) is 0 Å². The molecule has 0 spiro atoms. The Kier molecular flexibility index (Phi) is 4.70. The molecule has 0 atom stereocenters. The van der Waals surface area contributed by atoms with Crippen molar-refractivity contribution in [2.24, 2.45) is 0 Å². The molecule has 0 aliphatic heterocycles. The largest absolute Gasteiger partial charge is 0.400 e. The predicted octanol–water partition coefficient (Wildman–Crippen LogP) is 1.27. The summed E-state index contributed by atoms with van der Waals surface area (Å²) in [6.45, 7) is 0. The van der Waals surface area contributed by atoms with Crippen molar-refractivity contribution < 1.29 is 22.0 Å². The van der Waals surface area contributed by atoms with E-state index in [4.69, 9.17) is 0 Å². The smallest absolute Gasteiger partial charge is 0.392 e. The van der Waals surface area contributed by atoms with Gasteiger partial charge < -0.3 is 8.85 Å². The van der Waals surface area contributed by atoms with Crippen molar-refractivity contribution in [1.82, 2.24) is 0 Å². The lowest BCUT2D eigenvalue weighted by atomic mass is 10.5. The number of alkyl halides is 3. The van der Waals surface area contributed by atoms with Gasteiger partial charge in [-0.3, -0.25) is 0 Å². The molecule has 0 aliphatic rings. The van der Waals surface area contributed by atoms with Crippen LogP contribution in [0.15, 0.2) is 0 Å². The number of hydrogen-bond donors (Lipinski definition) is 0. The van der Waals surface area contributed by atoms with Crippen LogP contribution in [0.1, 0.15) is 0 Å². The highest BCUT2D eigenvalue weighted by atomic mass is 28.3. The molecule has 1 radical (unpaired) electrons. The zero-order valence-corrected chi connectivity index (χ0v) is 7.47. The summed E-state index contributed by atoms with van der Waals surface area (Å²) in [6, 6.07) is -0.142. The SMILES string of the molecule is CO[SiH](C[CH]C(F)(F)F)OC. The van der Waals surface area contributed by atoms with E-state index in [0.29, 0.717) is 0 Å². The van der Waals surface area contributed by atoms with Gasteiger partial charge in [0.2, 0.25) is 0 Å². The maximum absolute atomic E-state index is 11.5. The minimum Gasteiger partial charge on any atom is -0.400 e. The topological polar surface area (TPSA) is 18.5 Å². The maximum Gasteiger partial charge on any atom is 0.392 e. The molecule has 0 heterocycles. The molecule has 67 valence electrons. The van der Waals surface area contributed by atoms with Gasteiger partial charge in [0.05, 0.1) is 6.42 Å². The minimum absolute atomic E-state index is 0.142. The second-order valence-electron chi connectivity index (χ2n) is 1.88. The quantitative estimate of drug-likeness (QED) is 0.617. The fourth-order valence-electron chi connectivity index (χ4n) is 0.519. The van der Waals surface area contributed by atoms with Crippen LogP contribution in [0, 0.1) is 6.42 Å². The molecule has 0 rings (SSSR count). The first-order valence-corrected chi connectivity index (χ1v) is 4.72. The van der Waals surface area contributed by atoms with Crippen LogP contribution in [-0.4, -0.2) is 29.7 Å². The van der Waals surface area contributed by atoms with Gasteiger partial charge >= 0.3 is 15.5 Å². The van der Waals surface area contributed by atoms with Crippen molar-refractivity contribution in [3.05, 3.63) is 6.42 Å². The van der Waals surface area contributed by atoms with Gasteiger partial charge in [0, 0.05) is 20.3 Å². The van der Waals surface area contributed by atoms with Crippen molar-refractivity contribution in [2.45, 2.75) is 12.2 Å². The van der Waals surface area contributed by atoms with E-state index in [0.717, 1.165) is 0 Å². The Morgan fingerprint density at radius 1 is 1.27 bits per heavy atom. The summed E-state index contributed by atoms with van der Waals surface area (Å²) >= 11 is 0. The zero-order chi connectivity index (χ0) is 8.91. The maximum atomic E-state index is 11.5. The Bertz CT molecular complexity index is 102. The van der Waals surface area contributed by atoms with E-state index in [1.165, 1.54) is 14.2 Å². The monoisotopic (exact) mass is 187 g/mol. The summed E-state index contributed by atoms with van der Waals surface area (Å²) in [7, 11) is 0.636. The predicted molar refractivity (Wildman–Crippen MR) is 36.3 cm³/mol. The van der Waals surface area contributed by atoms with Gasteiger partial charge in [-0.15, -0.1) is 0 Å². The molecule has 0 unspecified atom stereocenters. The van der Waals surface area contributed by atoms with Crippen LogP contribution < -0.4 is 0 Å². The van der Waals surface area contributed by atoms with Crippen LogP contribution in [0.4, 0.5) is 13.2 Å². The third-order valence-corrected chi connectivity index (χ3v) is 2.74. The van der Waals surface area contributed by atoms with E-state index in [-0.39, 0.29) is 12.5 Å². The van der Waals surface area contributed by atoms with Crippen molar-refractivity contribution in [3.63, 3.8) is 0 Å². The zero-order valence-electron chi connectivity index (χ0n) is 6.31. The number of rotatable bonds is 4. The third kappa shape index (κ3) is 6.33. The average Bonchev–Trinajstić information content (AvgIpc) is 1.88. The fraction of sp³-hybridized carbons (Fsp3) is 0.800. The van der Waals surface area contributed by atoms with Crippen LogP contribution in [0.25, 0.3) is 0 Å². The standard InChI is InChI=1S/C5H10F3O2Si/c1-9-11(10-2)4-3-5(6,7)8/h3,11H,4H2,1-2H3. The van der Waals surface area contributed by atoms with E-state index < -0.39 is 15.5 Å². The van der Waals surface area contributed by atoms with Gasteiger partial charge in [-0.1, -0.05) is 0 Å². The highest BCUT2D eigenvalue weighted by Crippen LogP contribution is 2.21. The molecular weight excluding hydrogens is 177 g/mol. The van der Waals surface area contributed by atoms with Gasteiger partial charge in [-0.25, -0.2) is 0 Å². The minimum atomic E-state index is -4.22. The summed E-state index contributed by atoms with van der Waals surface area (Å²) in [5.41, 5.74) is 0. The van der Waals surface area contributed by atoms with Gasteiger partial charge in [-0.2, -0.15) is 13.2 Å². The molecule has 0 N–H and O–H groups in total. The Morgan fingerprint density at radius 2 is 1.73 bits per heavy atom. The molecule has 0 bridgehead atoms. The lowest BCUT2D eigenvalue weighted by Crippen LogP contribution is -2.22. The Labute approximate surface area is 65.1 Å². The molecule has 2 nitrogen and oxygen atoms in total. The summed E-state index contributed by atoms with van der Waals surface area (Å²) in [6.07, 6.45) is -3.96. The summed E-state index contributed by atoms with van der Waals surface area (Å²) in [4.78, 5) is 0. The van der Waals surface area contributed by atoms with Crippen molar-refractivity contribution in [3.8, 4) is 0 Å². The lowest BCUT2D eigenvalue weighted by Gasteiger charge is -2.11. The van der Waals surface area contributed by atoms with Crippen LogP contribution in [-0.2, 0) is 8.85 Å². The third-order valence-electron chi connectivity index (χ3n) is 1.07. The lowest BCUT2D eigenvalue weighted by molar-refractivity contribution is -0.0959. The Morgan fingerprint density at radius 3 is 2.00 bits per heavy atom.